The van der Waals surface area contributed by atoms with Crippen LogP contribution in [-0.2, 0) is 27.9 Å². The number of likely N-dealkylation sites (N-methyl/N-ethyl adjacent to an activating group) is 1. The zero-order valence-electron chi connectivity index (χ0n) is 18.9. The maximum Gasteiger partial charge on any atom is 0.241 e. The van der Waals surface area contributed by atoms with Crippen LogP contribution in [0, 0.1) is 0 Å². The van der Waals surface area contributed by atoms with E-state index in [0.717, 1.165) is 42.0 Å². The lowest BCUT2D eigenvalue weighted by molar-refractivity contribution is -0.132. The van der Waals surface area contributed by atoms with E-state index in [1.165, 1.54) is 5.56 Å². The second kappa shape index (κ2) is 7.50. The van der Waals surface area contributed by atoms with Gasteiger partial charge in [0, 0.05) is 33.3 Å². The summed E-state index contributed by atoms with van der Waals surface area (Å²) in [6.45, 7) is 1.63. The van der Waals surface area contributed by atoms with Crippen molar-refractivity contribution in [1.82, 2.24) is 9.80 Å². The Bertz CT molecular complexity index is 1130. The van der Waals surface area contributed by atoms with Crippen LogP contribution < -0.4 is 9.47 Å². The molecule has 33 heavy (non-hydrogen) atoms. The summed E-state index contributed by atoms with van der Waals surface area (Å²) in [5.74, 6) is 1.93. The van der Waals surface area contributed by atoms with E-state index in [4.69, 9.17) is 14.2 Å². The third-order valence-electron chi connectivity index (χ3n) is 7.83. The number of likely N-dealkylation sites (tertiary alicyclic amines) is 1. The molecule has 1 saturated heterocycles. The molecular weight excluding hydrogens is 420 g/mol. The Morgan fingerprint density at radius 2 is 1.94 bits per heavy atom. The Balaban J connectivity index is 1.45. The van der Waals surface area contributed by atoms with Gasteiger partial charge in [0.15, 0.2) is 11.5 Å². The average Bonchev–Trinajstić information content (AvgIpc) is 3.38. The van der Waals surface area contributed by atoms with Crippen LogP contribution in [0.5, 0.6) is 17.2 Å². The lowest BCUT2D eigenvalue weighted by Crippen LogP contribution is -2.58. The first-order chi connectivity index (χ1) is 16.0. The van der Waals surface area contributed by atoms with E-state index >= 15 is 0 Å². The molecule has 0 radical (unpaired) electrons. The Hall–Kier alpha value is -3.03. The van der Waals surface area contributed by atoms with Gasteiger partial charge in [-0.2, -0.15) is 0 Å². The summed E-state index contributed by atoms with van der Waals surface area (Å²) < 4.78 is 17.1. The van der Waals surface area contributed by atoms with Crippen LogP contribution in [-0.4, -0.2) is 66.5 Å². The molecule has 0 unspecified atom stereocenters. The minimum Gasteiger partial charge on any atom is -0.508 e. The van der Waals surface area contributed by atoms with Gasteiger partial charge in [-0.15, -0.1) is 0 Å². The van der Waals surface area contributed by atoms with Crippen LogP contribution in [0.2, 0.25) is 0 Å². The number of benzene rings is 2. The number of methoxy groups -OCH3 is 1. The number of fused-ring (bicyclic) bond motifs is 2. The monoisotopic (exact) mass is 448 g/mol. The van der Waals surface area contributed by atoms with Crippen LogP contribution >= 0.6 is 0 Å². The lowest BCUT2D eigenvalue weighted by atomic mass is 9.63. The fraction of sp³-hybridized carbons (Fsp3) is 0.423. The Kier molecular flexibility index (Phi) is 4.67. The minimum absolute atomic E-state index is 0.000504. The van der Waals surface area contributed by atoms with E-state index < -0.39 is 5.41 Å². The topological polar surface area (TPSA) is 71.5 Å². The number of phenolic OH excluding ortho intramolecular Hbond substituents is 1. The molecule has 1 spiro atoms. The van der Waals surface area contributed by atoms with Gasteiger partial charge < -0.3 is 24.2 Å². The highest BCUT2D eigenvalue weighted by molar-refractivity contribution is 5.89. The zero-order valence-corrected chi connectivity index (χ0v) is 18.9. The van der Waals surface area contributed by atoms with Crippen molar-refractivity contribution < 1.29 is 24.1 Å². The fourth-order valence-electron chi connectivity index (χ4n) is 6.20. The minimum atomic E-state index is -0.468. The quantitative estimate of drug-likeness (QED) is 0.725. The third kappa shape index (κ3) is 2.99. The predicted octanol–water partition coefficient (Wildman–Crippen LogP) is 2.60. The van der Waals surface area contributed by atoms with E-state index in [1.54, 1.807) is 19.2 Å². The van der Waals surface area contributed by atoms with Crippen molar-refractivity contribution in [3.05, 3.63) is 65.2 Å². The van der Waals surface area contributed by atoms with Gasteiger partial charge >= 0.3 is 0 Å². The Morgan fingerprint density at radius 3 is 2.70 bits per heavy atom. The molecule has 1 amide bonds. The van der Waals surface area contributed by atoms with Crippen molar-refractivity contribution in [3.63, 3.8) is 0 Å². The summed E-state index contributed by atoms with van der Waals surface area (Å²) in [6, 6.07) is 11.2. The van der Waals surface area contributed by atoms with Gasteiger partial charge in [0.05, 0.1) is 11.5 Å². The molecule has 3 heterocycles. The van der Waals surface area contributed by atoms with E-state index in [1.807, 2.05) is 24.1 Å². The third-order valence-corrected chi connectivity index (χ3v) is 7.83. The van der Waals surface area contributed by atoms with Gasteiger partial charge in [0.1, 0.15) is 11.8 Å². The van der Waals surface area contributed by atoms with E-state index in [0.29, 0.717) is 6.54 Å². The zero-order chi connectivity index (χ0) is 22.7. The molecule has 7 heteroatoms. The molecule has 2 aromatic rings. The van der Waals surface area contributed by atoms with Crippen molar-refractivity contribution in [3.8, 4) is 17.2 Å². The molecule has 1 N–H and O–H groups in total. The molecule has 0 saturated carbocycles. The normalized spacial score (nSPS) is 29.7. The first kappa shape index (κ1) is 20.6. The molecule has 172 valence electrons. The van der Waals surface area contributed by atoms with Crippen molar-refractivity contribution >= 4 is 5.91 Å². The summed E-state index contributed by atoms with van der Waals surface area (Å²) in [5, 5.41) is 9.62. The second-order valence-corrected chi connectivity index (χ2v) is 9.42. The molecule has 2 aromatic carbocycles. The number of nitrogens with zero attached hydrogens (tertiary/aromatic N) is 2. The molecule has 0 aromatic heterocycles. The van der Waals surface area contributed by atoms with Gasteiger partial charge in [-0.1, -0.05) is 24.3 Å². The number of hydrogen-bond donors (Lipinski definition) is 1. The first-order valence-electron chi connectivity index (χ1n) is 11.4. The standard InChI is InChI=1S/C26H28N2O5/c1-27-23-12-19(31-2)7-9-26(23)20-13-22-21(32-15-33-22)11-17(20)14-28(24(26)25(27)30)10-8-16-3-5-18(29)6-4-16/h3-7,9,11,13,19,23-24,29H,8,10,12,14-15H2,1-2H3/t19-,23-,24+,26-/m0/s1. The van der Waals surface area contributed by atoms with Crippen molar-refractivity contribution in [1.29, 1.82) is 0 Å². The molecule has 0 bridgehead atoms. The smallest absolute Gasteiger partial charge is 0.241 e. The average molecular weight is 449 g/mol. The van der Waals surface area contributed by atoms with Crippen LogP contribution in [0.1, 0.15) is 23.1 Å². The highest BCUT2D eigenvalue weighted by Gasteiger charge is 2.63. The van der Waals surface area contributed by atoms with Crippen LogP contribution in [0.3, 0.4) is 0 Å². The summed E-state index contributed by atoms with van der Waals surface area (Å²) in [5.41, 5.74) is 3.00. The summed E-state index contributed by atoms with van der Waals surface area (Å²) in [6.07, 6.45) is 5.87. The number of phenols is 1. The van der Waals surface area contributed by atoms with Crippen molar-refractivity contribution in [2.75, 3.05) is 27.5 Å². The van der Waals surface area contributed by atoms with E-state index in [2.05, 4.69) is 29.2 Å². The molecule has 6 rings (SSSR count). The van der Waals surface area contributed by atoms with Gasteiger partial charge in [-0.05, 0) is 53.8 Å². The van der Waals surface area contributed by atoms with E-state index in [9.17, 15) is 9.90 Å². The molecule has 1 fully saturated rings. The van der Waals surface area contributed by atoms with Gasteiger partial charge in [0.2, 0.25) is 12.7 Å². The number of ether oxygens (including phenoxy) is 3. The second-order valence-electron chi connectivity index (χ2n) is 9.42. The fourth-order valence-corrected chi connectivity index (χ4v) is 6.20. The molecule has 7 nitrogen and oxygen atoms in total. The lowest BCUT2D eigenvalue weighted by Gasteiger charge is -2.49. The molecule has 3 aliphatic heterocycles. The van der Waals surface area contributed by atoms with Gasteiger partial charge in [-0.3, -0.25) is 9.69 Å². The first-order valence-corrected chi connectivity index (χ1v) is 11.4. The highest BCUT2D eigenvalue weighted by atomic mass is 16.7. The maximum atomic E-state index is 13.7. The summed E-state index contributed by atoms with van der Waals surface area (Å²) >= 11 is 0. The van der Waals surface area contributed by atoms with Gasteiger partial charge in [0.25, 0.3) is 0 Å². The highest BCUT2D eigenvalue weighted by Crippen LogP contribution is 2.54. The van der Waals surface area contributed by atoms with Crippen LogP contribution in [0.4, 0.5) is 0 Å². The largest absolute Gasteiger partial charge is 0.508 e. The van der Waals surface area contributed by atoms with Gasteiger partial charge in [-0.25, -0.2) is 0 Å². The number of rotatable bonds is 4. The number of carbonyl (C=O) groups is 1. The molecule has 1 aliphatic carbocycles. The number of carbonyl (C=O) groups excluding carboxylic acids is 1. The number of amides is 1. The van der Waals surface area contributed by atoms with Crippen LogP contribution in [0.25, 0.3) is 0 Å². The maximum absolute atomic E-state index is 13.7. The SMILES string of the molecule is CO[C@H]1C=C[C@@]23c4cc5c(cc4CN(CCc4ccc(O)cc4)[C@@H]2C(=O)N(C)[C@H]3C1)OCO5. The van der Waals surface area contributed by atoms with Crippen LogP contribution in [0.15, 0.2) is 48.6 Å². The Morgan fingerprint density at radius 1 is 1.18 bits per heavy atom. The van der Waals surface area contributed by atoms with E-state index in [-0.39, 0.29) is 36.6 Å². The predicted molar refractivity (Wildman–Crippen MR) is 121 cm³/mol. The Labute approximate surface area is 193 Å². The van der Waals surface area contributed by atoms with Crippen molar-refractivity contribution in [2.24, 2.45) is 0 Å². The van der Waals surface area contributed by atoms with Crippen molar-refractivity contribution in [2.45, 2.75) is 43.0 Å². The number of hydrogen-bond acceptors (Lipinski definition) is 6. The molecule has 4 atom stereocenters. The summed E-state index contributed by atoms with van der Waals surface area (Å²) in [4.78, 5) is 18.0. The number of aromatic hydroxyl groups is 1. The summed E-state index contributed by atoms with van der Waals surface area (Å²) in [7, 11) is 3.64. The molecular formula is C26H28N2O5. The molecule has 4 aliphatic rings.